The molecule has 1 saturated heterocycles. The highest BCUT2D eigenvalue weighted by Crippen LogP contribution is 2.25. The predicted molar refractivity (Wildman–Crippen MR) is 102 cm³/mol. The lowest BCUT2D eigenvalue weighted by molar-refractivity contribution is -0.149. The summed E-state index contributed by atoms with van der Waals surface area (Å²) in [7, 11) is 0. The molecule has 1 aromatic rings. The summed E-state index contributed by atoms with van der Waals surface area (Å²) >= 11 is 5.94. The minimum absolute atomic E-state index is 0.125. The zero-order valence-corrected chi connectivity index (χ0v) is 16.5. The Morgan fingerprint density at radius 2 is 2.04 bits per heavy atom. The lowest BCUT2D eigenvalue weighted by Gasteiger charge is -2.31. The van der Waals surface area contributed by atoms with Crippen LogP contribution in [0.3, 0.4) is 0 Å². The van der Waals surface area contributed by atoms with Crippen molar-refractivity contribution in [2.24, 2.45) is 11.1 Å². The van der Waals surface area contributed by atoms with Gasteiger partial charge >= 0.3 is 0 Å². The number of halogens is 1. The Morgan fingerprint density at radius 1 is 1.37 bits per heavy atom. The number of carbonyl (C=O) groups excluding carboxylic acids is 3. The third-order valence-electron chi connectivity index (χ3n) is 4.67. The summed E-state index contributed by atoms with van der Waals surface area (Å²) < 4.78 is 0. The number of hydrogen-bond acceptors (Lipinski definition) is 5. The minimum atomic E-state index is -1.22. The van der Waals surface area contributed by atoms with Gasteiger partial charge in [-0.3, -0.25) is 19.7 Å². The first-order chi connectivity index (χ1) is 12.6. The van der Waals surface area contributed by atoms with Gasteiger partial charge in [0.05, 0.1) is 0 Å². The van der Waals surface area contributed by atoms with Crippen LogP contribution in [0, 0.1) is 5.41 Å². The second kappa shape index (κ2) is 8.37. The summed E-state index contributed by atoms with van der Waals surface area (Å²) in [6.07, 6.45) is -0.167. The second-order valence-corrected chi connectivity index (χ2v) is 8.22. The van der Waals surface area contributed by atoms with E-state index in [-0.39, 0.29) is 12.1 Å². The van der Waals surface area contributed by atoms with E-state index >= 15 is 0 Å². The van der Waals surface area contributed by atoms with Crippen LogP contribution >= 0.6 is 11.6 Å². The molecule has 1 aliphatic rings. The van der Waals surface area contributed by atoms with E-state index in [2.05, 4.69) is 5.32 Å². The van der Waals surface area contributed by atoms with E-state index in [0.717, 1.165) is 0 Å². The number of nitrogens with zero attached hydrogens (tertiary/aromatic N) is 1. The van der Waals surface area contributed by atoms with Gasteiger partial charge in [0.1, 0.15) is 12.1 Å². The maximum atomic E-state index is 12.6. The van der Waals surface area contributed by atoms with Gasteiger partial charge in [0.2, 0.25) is 5.91 Å². The van der Waals surface area contributed by atoms with Gasteiger partial charge in [0, 0.05) is 23.7 Å². The van der Waals surface area contributed by atoms with E-state index in [1.807, 2.05) is 0 Å². The zero-order chi connectivity index (χ0) is 20.4. The summed E-state index contributed by atoms with van der Waals surface area (Å²) in [4.78, 5) is 39.1. The van der Waals surface area contributed by atoms with Crippen LogP contribution in [0.15, 0.2) is 18.2 Å². The molecule has 0 aromatic heterocycles. The van der Waals surface area contributed by atoms with Gasteiger partial charge in [-0.05, 0) is 36.0 Å². The Balaban J connectivity index is 2.14. The lowest BCUT2D eigenvalue weighted by atomic mass is 9.88. The average Bonchev–Trinajstić information content (AvgIpc) is 3.09. The Morgan fingerprint density at radius 3 is 2.63 bits per heavy atom. The maximum absolute atomic E-state index is 12.6. The summed E-state index contributed by atoms with van der Waals surface area (Å²) in [6, 6.07) is 3.91. The Kier molecular flexibility index (Phi) is 6.62. The van der Waals surface area contributed by atoms with Crippen LogP contribution in [0.2, 0.25) is 5.02 Å². The number of amides is 3. The van der Waals surface area contributed by atoms with Crippen molar-refractivity contribution in [3.8, 4) is 0 Å². The van der Waals surface area contributed by atoms with Crippen LogP contribution < -0.4 is 11.1 Å². The molecule has 8 heteroatoms. The molecule has 0 saturated carbocycles. The van der Waals surface area contributed by atoms with E-state index in [1.54, 1.807) is 32.9 Å². The van der Waals surface area contributed by atoms with Crippen molar-refractivity contribution in [2.45, 2.75) is 52.3 Å². The molecular weight excluding hydrogens is 370 g/mol. The number of hydrogen-bond donors (Lipinski definition) is 3. The van der Waals surface area contributed by atoms with Gasteiger partial charge in [-0.2, -0.15) is 0 Å². The molecule has 0 unspecified atom stereocenters. The molecule has 3 amide bonds. The fraction of sp³-hybridized carbons (Fsp3) is 0.526. The summed E-state index contributed by atoms with van der Waals surface area (Å²) in [5.41, 5.74) is 5.78. The van der Waals surface area contributed by atoms with Gasteiger partial charge in [-0.15, -0.1) is 0 Å². The fourth-order valence-corrected chi connectivity index (χ4v) is 3.20. The number of imide groups is 1. The number of carbonyl (C=O) groups is 3. The standard InChI is InChI=1S/C19H26ClN3O4/c1-19(2,3)15(24)18(27)23-8-4-5-14(23)17(26)22-16(25)13-9-12(20)7-6-11(13)10-21/h6-7,9,14-15,24H,4-5,8,10,21H2,1-3H3,(H,22,25,26)/t14-,15-/m0/s1. The van der Waals surface area contributed by atoms with Crippen molar-refractivity contribution in [1.82, 2.24) is 10.2 Å². The lowest BCUT2D eigenvalue weighted by Crippen LogP contribution is -2.52. The number of nitrogens with one attached hydrogen (secondary N) is 1. The first-order valence-electron chi connectivity index (χ1n) is 8.88. The molecule has 2 rings (SSSR count). The van der Waals surface area contributed by atoms with E-state index in [1.165, 1.54) is 11.0 Å². The van der Waals surface area contributed by atoms with Crippen molar-refractivity contribution in [3.05, 3.63) is 34.3 Å². The van der Waals surface area contributed by atoms with E-state index < -0.39 is 35.3 Å². The third kappa shape index (κ3) is 4.86. The smallest absolute Gasteiger partial charge is 0.258 e. The molecule has 0 aliphatic carbocycles. The number of likely N-dealkylation sites (tertiary alicyclic amines) is 1. The zero-order valence-electron chi connectivity index (χ0n) is 15.8. The largest absolute Gasteiger partial charge is 0.383 e. The van der Waals surface area contributed by atoms with E-state index in [0.29, 0.717) is 30.0 Å². The maximum Gasteiger partial charge on any atom is 0.258 e. The van der Waals surface area contributed by atoms with Crippen LogP contribution in [-0.2, 0) is 16.1 Å². The van der Waals surface area contributed by atoms with Crippen LogP contribution in [0.5, 0.6) is 0 Å². The molecule has 1 aliphatic heterocycles. The molecule has 27 heavy (non-hydrogen) atoms. The van der Waals surface area contributed by atoms with Crippen LogP contribution in [-0.4, -0.2) is 46.4 Å². The molecule has 7 nitrogen and oxygen atoms in total. The number of nitrogens with two attached hydrogens (primary N) is 1. The van der Waals surface area contributed by atoms with Crippen molar-refractivity contribution in [3.63, 3.8) is 0 Å². The molecule has 0 radical (unpaired) electrons. The number of rotatable bonds is 4. The molecule has 1 fully saturated rings. The fourth-order valence-electron chi connectivity index (χ4n) is 3.03. The van der Waals surface area contributed by atoms with Gasteiger partial charge in [0.15, 0.2) is 0 Å². The average molecular weight is 396 g/mol. The summed E-state index contributed by atoms with van der Waals surface area (Å²) in [6.45, 7) is 5.73. The predicted octanol–water partition coefficient (Wildman–Crippen LogP) is 1.45. The van der Waals surface area contributed by atoms with Crippen LogP contribution in [0.4, 0.5) is 0 Å². The third-order valence-corrected chi connectivity index (χ3v) is 4.90. The monoisotopic (exact) mass is 395 g/mol. The van der Waals surface area contributed by atoms with Gasteiger partial charge in [0.25, 0.3) is 11.8 Å². The molecule has 0 bridgehead atoms. The van der Waals surface area contributed by atoms with Crippen LogP contribution in [0.25, 0.3) is 0 Å². The first-order valence-corrected chi connectivity index (χ1v) is 9.26. The molecule has 1 heterocycles. The number of aliphatic hydroxyl groups is 1. The first kappa shape index (κ1) is 21.3. The summed E-state index contributed by atoms with van der Waals surface area (Å²) in [5.74, 6) is -1.69. The quantitative estimate of drug-likeness (QED) is 0.668. The van der Waals surface area contributed by atoms with Crippen molar-refractivity contribution in [2.75, 3.05) is 6.54 Å². The highest BCUT2D eigenvalue weighted by Gasteiger charge is 2.40. The molecular formula is C19H26ClN3O4. The SMILES string of the molecule is CC(C)(C)[C@@H](O)C(=O)N1CCC[C@H]1C(=O)NC(=O)c1cc(Cl)ccc1CN. The van der Waals surface area contributed by atoms with Gasteiger partial charge in [-0.1, -0.05) is 38.4 Å². The van der Waals surface area contributed by atoms with Gasteiger partial charge < -0.3 is 15.7 Å². The van der Waals surface area contributed by atoms with Crippen LogP contribution in [0.1, 0.15) is 49.5 Å². The molecule has 1 aromatic carbocycles. The topological polar surface area (TPSA) is 113 Å². The van der Waals surface area contributed by atoms with E-state index in [9.17, 15) is 19.5 Å². The number of benzene rings is 1. The normalized spacial score (nSPS) is 18.3. The van der Waals surface area contributed by atoms with Crippen molar-refractivity contribution in [1.29, 1.82) is 0 Å². The Labute approximate surface area is 163 Å². The molecule has 148 valence electrons. The molecule has 2 atom stereocenters. The van der Waals surface area contributed by atoms with Crippen molar-refractivity contribution < 1.29 is 19.5 Å². The number of aliphatic hydroxyl groups excluding tert-OH is 1. The van der Waals surface area contributed by atoms with Crippen molar-refractivity contribution >= 4 is 29.3 Å². The highest BCUT2D eigenvalue weighted by atomic mass is 35.5. The highest BCUT2D eigenvalue weighted by molar-refractivity contribution is 6.31. The molecule has 0 spiro atoms. The van der Waals surface area contributed by atoms with Gasteiger partial charge in [-0.25, -0.2) is 0 Å². The molecule has 4 N–H and O–H groups in total. The minimum Gasteiger partial charge on any atom is -0.383 e. The Hall–Kier alpha value is -1.96. The Bertz CT molecular complexity index is 745. The summed E-state index contributed by atoms with van der Waals surface area (Å²) in [5, 5.41) is 12.9. The van der Waals surface area contributed by atoms with E-state index in [4.69, 9.17) is 17.3 Å². The second-order valence-electron chi connectivity index (χ2n) is 7.78.